The van der Waals surface area contributed by atoms with E-state index in [1.165, 1.54) is 0 Å². The standard InChI is InChI=1S/C27H40N2O7/c1-4-11-28-25(33)36-23-9-10-26(2)18(19(31)6-8-22(26)27(23,3)15-30)13-24(32)29-14-17-5-7-20-21(12-17)35-16-34-20/h5,7,12,18-19,22-23,30-31H,4,6,8-11,13-16H2,1-3H3,(H,28,33)(H,29,32)/t18-,19-,22?,23-,26+,27+/m1/s1. The Hall–Kier alpha value is -2.52. The summed E-state index contributed by atoms with van der Waals surface area (Å²) in [4.78, 5) is 25.3. The van der Waals surface area contributed by atoms with Crippen molar-refractivity contribution in [2.75, 3.05) is 19.9 Å². The molecule has 1 aromatic rings. The van der Waals surface area contributed by atoms with Crippen LogP contribution in [0.1, 0.15) is 64.9 Å². The number of carbonyl (C=O) groups is 2. The molecule has 0 saturated heterocycles. The van der Waals surface area contributed by atoms with E-state index in [4.69, 9.17) is 14.2 Å². The number of hydrogen-bond donors (Lipinski definition) is 4. The molecular weight excluding hydrogens is 464 g/mol. The molecule has 1 unspecified atom stereocenters. The predicted octanol–water partition coefficient (Wildman–Crippen LogP) is 3.11. The molecule has 200 valence electrons. The highest BCUT2D eigenvalue weighted by Crippen LogP contribution is 2.61. The third-order valence-electron chi connectivity index (χ3n) is 8.78. The highest BCUT2D eigenvalue weighted by Gasteiger charge is 2.60. The quantitative estimate of drug-likeness (QED) is 0.428. The van der Waals surface area contributed by atoms with Crippen molar-refractivity contribution in [2.45, 2.75) is 78.0 Å². The zero-order valence-corrected chi connectivity index (χ0v) is 21.5. The number of hydrogen-bond acceptors (Lipinski definition) is 7. The predicted molar refractivity (Wildman–Crippen MR) is 132 cm³/mol. The van der Waals surface area contributed by atoms with Crippen molar-refractivity contribution in [3.63, 3.8) is 0 Å². The number of ether oxygens (including phenoxy) is 3. The third-order valence-corrected chi connectivity index (χ3v) is 8.78. The van der Waals surface area contributed by atoms with Crippen LogP contribution in [0.5, 0.6) is 11.5 Å². The van der Waals surface area contributed by atoms with Crippen LogP contribution in [-0.4, -0.2) is 54.4 Å². The molecule has 1 aliphatic heterocycles. The van der Waals surface area contributed by atoms with E-state index in [1.54, 1.807) is 0 Å². The number of fused-ring (bicyclic) bond motifs is 2. The summed E-state index contributed by atoms with van der Waals surface area (Å²) in [5.41, 5.74) is -0.115. The van der Waals surface area contributed by atoms with Crippen LogP contribution in [0, 0.1) is 22.7 Å². The van der Waals surface area contributed by atoms with Crippen molar-refractivity contribution >= 4 is 12.0 Å². The van der Waals surface area contributed by atoms with Crippen LogP contribution in [0.3, 0.4) is 0 Å². The maximum atomic E-state index is 13.0. The van der Waals surface area contributed by atoms with E-state index in [0.717, 1.165) is 12.0 Å². The summed E-state index contributed by atoms with van der Waals surface area (Å²) < 4.78 is 16.5. The molecule has 0 aromatic heterocycles. The van der Waals surface area contributed by atoms with Gasteiger partial charge in [-0.25, -0.2) is 4.79 Å². The molecule has 0 radical (unpaired) electrons. The van der Waals surface area contributed by atoms with Crippen LogP contribution in [0.25, 0.3) is 0 Å². The maximum Gasteiger partial charge on any atom is 0.407 e. The number of nitrogens with one attached hydrogen (secondary N) is 2. The highest BCUT2D eigenvalue weighted by molar-refractivity contribution is 5.76. The highest BCUT2D eigenvalue weighted by atomic mass is 16.7. The van der Waals surface area contributed by atoms with E-state index in [0.29, 0.717) is 50.3 Å². The second kappa shape index (κ2) is 10.8. The summed E-state index contributed by atoms with van der Waals surface area (Å²) in [5, 5.41) is 27.2. The molecule has 0 bridgehead atoms. The van der Waals surface area contributed by atoms with E-state index >= 15 is 0 Å². The Bertz CT molecular complexity index is 956. The minimum absolute atomic E-state index is 0.00258. The van der Waals surface area contributed by atoms with E-state index in [2.05, 4.69) is 17.6 Å². The minimum atomic E-state index is -0.655. The van der Waals surface area contributed by atoms with Crippen LogP contribution in [0.15, 0.2) is 18.2 Å². The summed E-state index contributed by atoms with van der Waals surface area (Å²) in [5.74, 6) is 0.993. The second-order valence-electron chi connectivity index (χ2n) is 11.0. The molecule has 2 saturated carbocycles. The van der Waals surface area contributed by atoms with Crippen LogP contribution in [-0.2, 0) is 16.1 Å². The molecule has 0 spiro atoms. The summed E-state index contributed by atoms with van der Waals surface area (Å²) in [7, 11) is 0. The molecule has 2 amide bonds. The summed E-state index contributed by atoms with van der Waals surface area (Å²) >= 11 is 0. The average molecular weight is 505 g/mol. The molecule has 2 aliphatic carbocycles. The topological polar surface area (TPSA) is 126 Å². The number of rotatable bonds is 8. The van der Waals surface area contributed by atoms with Gasteiger partial charge in [0.1, 0.15) is 6.10 Å². The Morgan fingerprint density at radius 3 is 2.67 bits per heavy atom. The van der Waals surface area contributed by atoms with Crippen molar-refractivity contribution in [2.24, 2.45) is 22.7 Å². The first-order valence-electron chi connectivity index (χ1n) is 13.1. The van der Waals surface area contributed by atoms with Gasteiger partial charge in [0.2, 0.25) is 12.7 Å². The fraction of sp³-hybridized carbons (Fsp3) is 0.704. The molecule has 36 heavy (non-hydrogen) atoms. The van der Waals surface area contributed by atoms with Crippen molar-refractivity contribution in [1.82, 2.24) is 10.6 Å². The number of amides is 2. The van der Waals surface area contributed by atoms with Gasteiger partial charge in [-0.3, -0.25) is 4.79 Å². The van der Waals surface area contributed by atoms with Gasteiger partial charge in [-0.1, -0.05) is 26.8 Å². The van der Waals surface area contributed by atoms with Gasteiger partial charge >= 0.3 is 6.09 Å². The van der Waals surface area contributed by atoms with Crippen LogP contribution >= 0.6 is 0 Å². The number of benzene rings is 1. The maximum absolute atomic E-state index is 13.0. The lowest BCUT2D eigenvalue weighted by Gasteiger charge is -2.60. The summed E-state index contributed by atoms with van der Waals surface area (Å²) in [6, 6.07) is 5.59. The molecule has 1 aromatic carbocycles. The second-order valence-corrected chi connectivity index (χ2v) is 11.0. The summed E-state index contributed by atoms with van der Waals surface area (Å²) in [6.45, 7) is 7.04. The van der Waals surface area contributed by atoms with Crippen LogP contribution < -0.4 is 20.1 Å². The Kier molecular flexibility index (Phi) is 7.99. The van der Waals surface area contributed by atoms with Gasteiger partial charge in [0.15, 0.2) is 11.5 Å². The summed E-state index contributed by atoms with van der Waals surface area (Å²) in [6.07, 6.45) is 2.06. The van der Waals surface area contributed by atoms with Crippen LogP contribution in [0.2, 0.25) is 0 Å². The lowest BCUT2D eigenvalue weighted by atomic mass is 9.46. The molecule has 9 nitrogen and oxygen atoms in total. The van der Waals surface area contributed by atoms with Crippen molar-refractivity contribution in [3.8, 4) is 11.5 Å². The number of aliphatic hydroxyl groups excluding tert-OH is 2. The Morgan fingerprint density at radius 2 is 1.92 bits per heavy atom. The first-order valence-corrected chi connectivity index (χ1v) is 13.1. The Labute approximate surface area is 212 Å². The lowest BCUT2D eigenvalue weighted by molar-refractivity contribution is -0.186. The van der Waals surface area contributed by atoms with Gasteiger partial charge in [0.25, 0.3) is 0 Å². The number of carbonyl (C=O) groups excluding carboxylic acids is 2. The van der Waals surface area contributed by atoms with E-state index in [9.17, 15) is 19.8 Å². The van der Waals surface area contributed by atoms with E-state index in [1.807, 2.05) is 32.0 Å². The fourth-order valence-electron chi connectivity index (χ4n) is 6.70. The molecule has 1 heterocycles. The molecule has 4 rings (SSSR count). The van der Waals surface area contributed by atoms with Gasteiger partial charge in [0.05, 0.1) is 12.7 Å². The number of alkyl carbamates (subject to hydrolysis) is 1. The fourth-order valence-corrected chi connectivity index (χ4v) is 6.70. The third kappa shape index (κ3) is 5.13. The normalized spacial score (nSPS) is 32.9. The van der Waals surface area contributed by atoms with Gasteiger partial charge < -0.3 is 35.1 Å². The van der Waals surface area contributed by atoms with Crippen molar-refractivity contribution < 1.29 is 34.0 Å². The van der Waals surface area contributed by atoms with Crippen molar-refractivity contribution in [3.05, 3.63) is 23.8 Å². The number of aliphatic hydroxyl groups is 2. The van der Waals surface area contributed by atoms with E-state index < -0.39 is 23.7 Å². The van der Waals surface area contributed by atoms with Gasteiger partial charge in [0, 0.05) is 24.9 Å². The first kappa shape index (κ1) is 26.5. The largest absolute Gasteiger partial charge is 0.454 e. The minimum Gasteiger partial charge on any atom is -0.454 e. The molecule has 2 fully saturated rings. The average Bonchev–Trinajstić information content (AvgIpc) is 3.33. The molecule has 3 aliphatic rings. The zero-order valence-electron chi connectivity index (χ0n) is 21.5. The smallest absolute Gasteiger partial charge is 0.407 e. The zero-order chi connectivity index (χ0) is 25.9. The van der Waals surface area contributed by atoms with Gasteiger partial charge in [-0.05, 0) is 67.1 Å². The van der Waals surface area contributed by atoms with E-state index in [-0.39, 0.29) is 43.0 Å². The Balaban J connectivity index is 1.43. The molecule has 4 N–H and O–H groups in total. The van der Waals surface area contributed by atoms with Gasteiger partial charge in [-0.15, -0.1) is 0 Å². The Morgan fingerprint density at radius 1 is 1.14 bits per heavy atom. The first-order chi connectivity index (χ1) is 17.2. The lowest BCUT2D eigenvalue weighted by Crippen LogP contribution is -2.61. The van der Waals surface area contributed by atoms with Crippen LogP contribution in [0.4, 0.5) is 4.79 Å². The molecule has 9 heteroatoms. The monoisotopic (exact) mass is 504 g/mol. The van der Waals surface area contributed by atoms with Gasteiger partial charge in [-0.2, -0.15) is 0 Å². The van der Waals surface area contributed by atoms with Crippen molar-refractivity contribution in [1.29, 1.82) is 0 Å². The molecular formula is C27H40N2O7. The molecule has 6 atom stereocenters. The SMILES string of the molecule is CCCNC(=O)O[C@@H]1CC[C@]2(C)C(CC[C@@H](O)[C@H]2CC(=O)NCc2ccc3c(c2)OCO3)[C@]1(C)CO.